The van der Waals surface area contributed by atoms with Crippen LogP contribution < -0.4 is 10.1 Å². The molecule has 2 aromatic carbocycles. The van der Waals surface area contributed by atoms with Gasteiger partial charge in [0.15, 0.2) is 0 Å². The number of benzene rings is 2. The Kier molecular flexibility index (Phi) is 4.27. The number of fused-ring (bicyclic) bond motifs is 1. The number of ether oxygens (including phenoxy) is 2. The molecule has 1 heterocycles. The third-order valence-corrected chi connectivity index (χ3v) is 3.54. The van der Waals surface area contributed by atoms with E-state index in [0.717, 1.165) is 5.56 Å². The van der Waals surface area contributed by atoms with Crippen molar-refractivity contribution in [2.45, 2.75) is 12.7 Å². The van der Waals surface area contributed by atoms with E-state index in [0.29, 0.717) is 31.2 Å². The highest BCUT2D eigenvalue weighted by atomic mass is 35.5. The first-order valence-corrected chi connectivity index (χ1v) is 7.11. The zero-order valence-corrected chi connectivity index (χ0v) is 12.1. The van der Waals surface area contributed by atoms with Gasteiger partial charge in [-0.15, -0.1) is 0 Å². The van der Waals surface area contributed by atoms with Crippen molar-refractivity contribution in [3.8, 4) is 5.75 Å². The number of anilines is 1. The van der Waals surface area contributed by atoms with Crippen LogP contribution in [0.5, 0.6) is 5.75 Å². The largest absolute Gasteiger partial charge is 0.484 e. The lowest BCUT2D eigenvalue weighted by atomic mass is 10.2. The average Bonchev–Trinajstić information content (AvgIpc) is 2.50. The molecule has 0 amide bonds. The SMILES string of the molecule is Fc1cc2c(cc1Cl)NCC(COCc1ccccc1)O2. The second-order valence-corrected chi connectivity index (χ2v) is 5.29. The minimum absolute atomic E-state index is 0.0867. The second kappa shape index (κ2) is 6.33. The topological polar surface area (TPSA) is 30.5 Å². The molecule has 0 spiro atoms. The van der Waals surface area contributed by atoms with Gasteiger partial charge < -0.3 is 14.8 Å². The Labute approximate surface area is 127 Å². The van der Waals surface area contributed by atoms with Gasteiger partial charge in [-0.05, 0) is 11.6 Å². The van der Waals surface area contributed by atoms with Crippen LogP contribution >= 0.6 is 11.6 Å². The van der Waals surface area contributed by atoms with E-state index in [4.69, 9.17) is 21.1 Å². The van der Waals surface area contributed by atoms with E-state index in [1.54, 1.807) is 0 Å². The summed E-state index contributed by atoms with van der Waals surface area (Å²) < 4.78 is 24.8. The van der Waals surface area contributed by atoms with E-state index >= 15 is 0 Å². The zero-order chi connectivity index (χ0) is 14.7. The van der Waals surface area contributed by atoms with E-state index in [9.17, 15) is 4.39 Å². The van der Waals surface area contributed by atoms with E-state index in [2.05, 4.69) is 5.32 Å². The van der Waals surface area contributed by atoms with Gasteiger partial charge in [0.1, 0.15) is 17.7 Å². The first-order chi connectivity index (χ1) is 10.2. The van der Waals surface area contributed by atoms with Crippen molar-refractivity contribution < 1.29 is 13.9 Å². The smallest absolute Gasteiger partial charge is 0.146 e. The summed E-state index contributed by atoms with van der Waals surface area (Å²) >= 11 is 5.74. The summed E-state index contributed by atoms with van der Waals surface area (Å²) in [7, 11) is 0. The maximum absolute atomic E-state index is 13.4. The molecule has 3 nitrogen and oxygen atoms in total. The van der Waals surface area contributed by atoms with Gasteiger partial charge >= 0.3 is 0 Å². The molecule has 0 saturated heterocycles. The Balaban J connectivity index is 1.55. The molecule has 0 aliphatic carbocycles. The minimum atomic E-state index is -0.483. The summed E-state index contributed by atoms with van der Waals surface area (Å²) in [6.45, 7) is 1.57. The fourth-order valence-corrected chi connectivity index (χ4v) is 2.35. The molecule has 1 aliphatic heterocycles. The first-order valence-electron chi connectivity index (χ1n) is 6.73. The highest BCUT2D eigenvalue weighted by Gasteiger charge is 2.21. The van der Waals surface area contributed by atoms with Crippen molar-refractivity contribution in [2.75, 3.05) is 18.5 Å². The molecule has 0 bridgehead atoms. The highest BCUT2D eigenvalue weighted by molar-refractivity contribution is 6.31. The summed E-state index contributed by atoms with van der Waals surface area (Å²) in [6, 6.07) is 12.8. The fourth-order valence-electron chi connectivity index (χ4n) is 2.18. The summed E-state index contributed by atoms with van der Waals surface area (Å²) in [6.07, 6.45) is -0.151. The molecule has 0 aromatic heterocycles. The quantitative estimate of drug-likeness (QED) is 0.930. The van der Waals surface area contributed by atoms with Crippen LogP contribution in [0.25, 0.3) is 0 Å². The molecule has 1 unspecified atom stereocenters. The van der Waals surface area contributed by atoms with Gasteiger partial charge in [0.05, 0.1) is 30.5 Å². The van der Waals surface area contributed by atoms with Gasteiger partial charge in [0, 0.05) is 6.07 Å². The van der Waals surface area contributed by atoms with Gasteiger partial charge in [0.25, 0.3) is 0 Å². The van der Waals surface area contributed by atoms with Crippen LogP contribution in [-0.2, 0) is 11.3 Å². The third kappa shape index (κ3) is 3.46. The maximum Gasteiger partial charge on any atom is 0.146 e. The molecule has 110 valence electrons. The standard InChI is InChI=1S/C16H15ClFNO2/c17-13-6-15-16(7-14(13)18)21-12(8-19-15)10-20-9-11-4-2-1-3-5-11/h1-7,12,19H,8-10H2. The summed E-state index contributed by atoms with van der Waals surface area (Å²) in [5, 5.41) is 3.26. The Hall–Kier alpha value is -1.78. The van der Waals surface area contributed by atoms with Crippen molar-refractivity contribution in [2.24, 2.45) is 0 Å². The first kappa shape index (κ1) is 14.2. The molecular weight excluding hydrogens is 293 g/mol. The Morgan fingerprint density at radius 1 is 1.29 bits per heavy atom. The van der Waals surface area contributed by atoms with Crippen LogP contribution in [0, 0.1) is 5.82 Å². The lowest BCUT2D eigenvalue weighted by Gasteiger charge is -2.27. The van der Waals surface area contributed by atoms with Crippen LogP contribution in [0.15, 0.2) is 42.5 Å². The van der Waals surface area contributed by atoms with Crippen molar-refractivity contribution in [3.05, 3.63) is 58.9 Å². The Morgan fingerprint density at radius 2 is 2.10 bits per heavy atom. The number of halogens is 2. The Bertz CT molecular complexity index is 621. The molecule has 0 saturated carbocycles. The predicted molar refractivity (Wildman–Crippen MR) is 80.4 cm³/mol. The summed E-state index contributed by atoms with van der Waals surface area (Å²) in [4.78, 5) is 0. The van der Waals surface area contributed by atoms with Gasteiger partial charge in [-0.1, -0.05) is 41.9 Å². The predicted octanol–water partition coefficient (Wildman–Crippen LogP) is 3.87. The summed E-state index contributed by atoms with van der Waals surface area (Å²) in [5.74, 6) is -0.0143. The molecule has 21 heavy (non-hydrogen) atoms. The monoisotopic (exact) mass is 307 g/mol. The molecular formula is C16H15ClFNO2. The number of hydrogen-bond donors (Lipinski definition) is 1. The average molecular weight is 308 g/mol. The lowest BCUT2D eigenvalue weighted by Crippen LogP contribution is -2.34. The van der Waals surface area contributed by atoms with Crippen LogP contribution in [0.2, 0.25) is 5.02 Å². The molecule has 1 aliphatic rings. The normalized spacial score (nSPS) is 16.8. The highest BCUT2D eigenvalue weighted by Crippen LogP contribution is 2.33. The van der Waals surface area contributed by atoms with Crippen LogP contribution in [0.3, 0.4) is 0 Å². The molecule has 1 atom stereocenters. The molecule has 2 aromatic rings. The molecule has 1 N–H and O–H groups in total. The van der Waals surface area contributed by atoms with E-state index in [1.165, 1.54) is 12.1 Å². The molecule has 5 heteroatoms. The van der Waals surface area contributed by atoms with Gasteiger partial charge in [-0.2, -0.15) is 0 Å². The second-order valence-electron chi connectivity index (χ2n) is 4.88. The van der Waals surface area contributed by atoms with E-state index in [-0.39, 0.29) is 11.1 Å². The Morgan fingerprint density at radius 3 is 2.90 bits per heavy atom. The van der Waals surface area contributed by atoms with Crippen molar-refractivity contribution in [1.29, 1.82) is 0 Å². The van der Waals surface area contributed by atoms with E-state index in [1.807, 2.05) is 30.3 Å². The van der Waals surface area contributed by atoms with E-state index < -0.39 is 5.82 Å². The molecule has 3 rings (SSSR count). The molecule has 0 radical (unpaired) electrons. The lowest BCUT2D eigenvalue weighted by molar-refractivity contribution is 0.0440. The van der Waals surface area contributed by atoms with Gasteiger partial charge in [0.2, 0.25) is 0 Å². The minimum Gasteiger partial charge on any atom is -0.484 e. The van der Waals surface area contributed by atoms with Crippen LogP contribution in [0.4, 0.5) is 10.1 Å². The number of hydrogen-bond acceptors (Lipinski definition) is 3. The van der Waals surface area contributed by atoms with Crippen molar-refractivity contribution in [1.82, 2.24) is 0 Å². The fraction of sp³-hybridized carbons (Fsp3) is 0.250. The van der Waals surface area contributed by atoms with Crippen LogP contribution in [0.1, 0.15) is 5.56 Å². The van der Waals surface area contributed by atoms with Crippen LogP contribution in [-0.4, -0.2) is 19.3 Å². The maximum atomic E-state index is 13.4. The summed E-state index contributed by atoms with van der Waals surface area (Å²) in [5.41, 5.74) is 1.82. The number of nitrogens with one attached hydrogen (secondary N) is 1. The van der Waals surface area contributed by atoms with Gasteiger partial charge in [-0.25, -0.2) is 4.39 Å². The number of rotatable bonds is 4. The van der Waals surface area contributed by atoms with Gasteiger partial charge in [-0.3, -0.25) is 0 Å². The van der Waals surface area contributed by atoms with Crippen molar-refractivity contribution >= 4 is 17.3 Å². The van der Waals surface area contributed by atoms with Crippen molar-refractivity contribution in [3.63, 3.8) is 0 Å². The third-order valence-electron chi connectivity index (χ3n) is 3.25. The molecule has 0 fully saturated rings. The zero-order valence-electron chi connectivity index (χ0n) is 11.3.